The molecule has 0 aliphatic rings. The van der Waals surface area contributed by atoms with Crippen molar-refractivity contribution >= 4 is 17.3 Å². The summed E-state index contributed by atoms with van der Waals surface area (Å²) in [5.74, 6) is 2.11. The fourth-order valence-electron chi connectivity index (χ4n) is 1.89. The Morgan fingerprint density at radius 1 is 1.05 bits per heavy atom. The van der Waals surface area contributed by atoms with Crippen molar-refractivity contribution < 1.29 is 9.47 Å². The molecule has 0 radical (unpaired) electrons. The Bertz CT molecular complexity index is 407. The van der Waals surface area contributed by atoms with Crippen LogP contribution in [0.25, 0.3) is 0 Å². The molecule has 0 aliphatic heterocycles. The highest BCUT2D eigenvalue weighted by atomic mass is 35.5. The number of hydrogen-bond acceptors (Lipinski definition) is 3. The van der Waals surface area contributed by atoms with Crippen LogP contribution in [-0.4, -0.2) is 20.3 Å². The van der Waals surface area contributed by atoms with Gasteiger partial charge < -0.3 is 14.8 Å². The summed E-state index contributed by atoms with van der Waals surface area (Å²) in [5.41, 5.74) is 0.917. The lowest BCUT2D eigenvalue weighted by atomic mass is 10.0. The Morgan fingerprint density at radius 2 is 1.68 bits per heavy atom. The van der Waals surface area contributed by atoms with Crippen molar-refractivity contribution in [2.24, 2.45) is 5.92 Å². The average molecular weight is 286 g/mol. The molecule has 108 valence electrons. The van der Waals surface area contributed by atoms with Crippen molar-refractivity contribution in [2.75, 3.05) is 19.5 Å². The largest absolute Gasteiger partial charge is 0.495 e. The van der Waals surface area contributed by atoms with E-state index in [1.54, 1.807) is 20.3 Å². The molecule has 0 fully saturated rings. The Hall–Kier alpha value is -1.09. The fourth-order valence-corrected chi connectivity index (χ4v) is 2.13. The number of halogens is 1. The second-order valence-corrected chi connectivity index (χ2v) is 5.61. The molecule has 0 bridgehead atoms. The number of nitrogens with one attached hydrogen (secondary N) is 1. The zero-order chi connectivity index (χ0) is 14.4. The molecule has 1 aromatic rings. The minimum absolute atomic E-state index is 0.377. The fraction of sp³-hybridized carbons (Fsp3) is 0.600. The lowest BCUT2D eigenvalue weighted by Gasteiger charge is -2.19. The third-order valence-corrected chi connectivity index (χ3v) is 3.35. The van der Waals surface area contributed by atoms with Gasteiger partial charge in [-0.15, -0.1) is 0 Å². The summed E-state index contributed by atoms with van der Waals surface area (Å²) in [6.07, 6.45) is 2.31. The van der Waals surface area contributed by atoms with Crippen molar-refractivity contribution in [3.63, 3.8) is 0 Å². The van der Waals surface area contributed by atoms with Gasteiger partial charge in [-0.25, -0.2) is 0 Å². The third kappa shape index (κ3) is 4.83. The summed E-state index contributed by atoms with van der Waals surface area (Å²) in [7, 11) is 3.25. The number of ether oxygens (including phenoxy) is 2. The highest BCUT2D eigenvalue weighted by Gasteiger charge is 2.12. The molecule has 3 nitrogen and oxygen atoms in total. The minimum Gasteiger partial charge on any atom is -0.495 e. The Morgan fingerprint density at radius 3 is 2.21 bits per heavy atom. The zero-order valence-electron chi connectivity index (χ0n) is 12.4. The summed E-state index contributed by atoms with van der Waals surface area (Å²) in [6, 6.07) is 4.03. The van der Waals surface area contributed by atoms with Crippen molar-refractivity contribution in [1.82, 2.24) is 0 Å². The summed E-state index contributed by atoms with van der Waals surface area (Å²) >= 11 is 6.09. The van der Waals surface area contributed by atoms with Gasteiger partial charge in [0.25, 0.3) is 0 Å². The van der Waals surface area contributed by atoms with Gasteiger partial charge in [-0.1, -0.05) is 25.4 Å². The van der Waals surface area contributed by atoms with Gasteiger partial charge in [0.1, 0.15) is 11.5 Å². The number of methoxy groups -OCH3 is 2. The number of benzene rings is 1. The summed E-state index contributed by atoms with van der Waals surface area (Å²) < 4.78 is 10.6. The Kier molecular flexibility index (Phi) is 6.29. The lowest BCUT2D eigenvalue weighted by Crippen LogP contribution is -2.16. The van der Waals surface area contributed by atoms with Crippen LogP contribution in [0.1, 0.15) is 33.6 Å². The zero-order valence-corrected chi connectivity index (χ0v) is 13.2. The Labute approximate surface area is 121 Å². The maximum Gasteiger partial charge on any atom is 0.143 e. The first-order valence-corrected chi connectivity index (χ1v) is 7.03. The van der Waals surface area contributed by atoms with Crippen molar-refractivity contribution in [3.05, 3.63) is 17.2 Å². The molecule has 19 heavy (non-hydrogen) atoms. The monoisotopic (exact) mass is 285 g/mol. The molecule has 0 amide bonds. The highest BCUT2D eigenvalue weighted by molar-refractivity contribution is 6.32. The lowest BCUT2D eigenvalue weighted by molar-refractivity contribution is 0.404. The number of hydrogen-bond donors (Lipinski definition) is 1. The SMILES string of the molecule is COc1cc(NC(C)CCC(C)C)c(OC)cc1Cl. The first-order valence-electron chi connectivity index (χ1n) is 6.66. The maximum absolute atomic E-state index is 6.09. The summed E-state index contributed by atoms with van der Waals surface area (Å²) in [5, 5.41) is 4.01. The molecular weight excluding hydrogens is 262 g/mol. The van der Waals surface area contributed by atoms with Crippen LogP contribution >= 0.6 is 11.6 Å². The van der Waals surface area contributed by atoms with E-state index >= 15 is 0 Å². The maximum atomic E-state index is 6.09. The van der Waals surface area contributed by atoms with Crippen LogP contribution in [0, 0.1) is 5.92 Å². The van der Waals surface area contributed by atoms with E-state index in [0.717, 1.165) is 17.9 Å². The molecule has 4 heteroatoms. The van der Waals surface area contributed by atoms with Gasteiger partial charge in [0, 0.05) is 18.2 Å². The van der Waals surface area contributed by atoms with Gasteiger partial charge >= 0.3 is 0 Å². The Balaban J connectivity index is 2.80. The summed E-state index contributed by atoms with van der Waals surface area (Å²) in [4.78, 5) is 0. The second-order valence-electron chi connectivity index (χ2n) is 5.20. The molecule has 1 aromatic carbocycles. The van der Waals surface area contributed by atoms with Crippen LogP contribution in [0.4, 0.5) is 5.69 Å². The molecule has 0 spiro atoms. The van der Waals surface area contributed by atoms with Gasteiger partial charge in [-0.3, -0.25) is 0 Å². The van der Waals surface area contributed by atoms with E-state index in [4.69, 9.17) is 21.1 Å². The van der Waals surface area contributed by atoms with Crippen molar-refractivity contribution in [3.8, 4) is 11.5 Å². The average Bonchev–Trinajstić information content (AvgIpc) is 2.37. The third-order valence-electron chi connectivity index (χ3n) is 3.05. The molecular formula is C15H24ClNO2. The quantitative estimate of drug-likeness (QED) is 0.794. The topological polar surface area (TPSA) is 30.5 Å². The van der Waals surface area contributed by atoms with E-state index in [2.05, 4.69) is 26.1 Å². The van der Waals surface area contributed by atoms with Gasteiger partial charge in [0.15, 0.2) is 0 Å². The minimum atomic E-state index is 0.377. The molecule has 0 heterocycles. The molecule has 0 aromatic heterocycles. The van der Waals surface area contributed by atoms with Gasteiger partial charge in [-0.05, 0) is 25.7 Å². The molecule has 1 N–H and O–H groups in total. The molecule has 1 unspecified atom stereocenters. The van der Waals surface area contributed by atoms with Gasteiger partial charge in [0.05, 0.1) is 24.9 Å². The molecule has 1 atom stereocenters. The number of rotatable bonds is 7. The molecule has 1 rings (SSSR count). The summed E-state index contributed by atoms with van der Waals surface area (Å²) in [6.45, 7) is 6.64. The van der Waals surface area contributed by atoms with Gasteiger partial charge in [0.2, 0.25) is 0 Å². The number of anilines is 1. The van der Waals surface area contributed by atoms with Crippen LogP contribution in [0.2, 0.25) is 5.02 Å². The standard InChI is InChI=1S/C15H24ClNO2/c1-10(2)6-7-11(3)17-13-9-14(18-4)12(16)8-15(13)19-5/h8-11,17H,6-7H2,1-5H3. The van der Waals surface area contributed by atoms with E-state index < -0.39 is 0 Å². The van der Waals surface area contributed by atoms with Crippen molar-refractivity contribution in [2.45, 2.75) is 39.7 Å². The first kappa shape index (κ1) is 16.0. The predicted molar refractivity (Wildman–Crippen MR) is 81.7 cm³/mol. The van der Waals surface area contributed by atoms with Crippen LogP contribution < -0.4 is 14.8 Å². The van der Waals surface area contributed by atoms with Crippen LogP contribution in [0.5, 0.6) is 11.5 Å². The van der Waals surface area contributed by atoms with E-state index in [0.29, 0.717) is 22.7 Å². The van der Waals surface area contributed by atoms with E-state index in [-0.39, 0.29) is 0 Å². The molecule has 0 aliphatic carbocycles. The van der Waals surface area contributed by atoms with Crippen LogP contribution in [0.3, 0.4) is 0 Å². The molecule has 0 saturated heterocycles. The van der Waals surface area contributed by atoms with E-state index in [1.165, 1.54) is 6.42 Å². The normalized spacial score (nSPS) is 12.4. The van der Waals surface area contributed by atoms with E-state index in [9.17, 15) is 0 Å². The smallest absolute Gasteiger partial charge is 0.143 e. The van der Waals surface area contributed by atoms with E-state index in [1.807, 2.05) is 6.07 Å². The predicted octanol–water partition coefficient (Wildman–Crippen LogP) is 4.59. The van der Waals surface area contributed by atoms with Gasteiger partial charge in [-0.2, -0.15) is 0 Å². The van der Waals surface area contributed by atoms with Crippen LogP contribution in [-0.2, 0) is 0 Å². The first-order chi connectivity index (χ1) is 8.97. The van der Waals surface area contributed by atoms with Crippen LogP contribution in [0.15, 0.2) is 12.1 Å². The second kappa shape index (κ2) is 7.49. The highest BCUT2D eigenvalue weighted by Crippen LogP contribution is 2.36. The van der Waals surface area contributed by atoms with Crippen molar-refractivity contribution in [1.29, 1.82) is 0 Å². The molecule has 0 saturated carbocycles.